The zero-order valence-electron chi connectivity index (χ0n) is 22.0. The van der Waals surface area contributed by atoms with E-state index < -0.39 is 55.4 Å². The van der Waals surface area contributed by atoms with Crippen LogP contribution in [0.2, 0.25) is 4.34 Å². The minimum Gasteiger partial charge on any atom is -0.433 e. The van der Waals surface area contributed by atoms with E-state index in [2.05, 4.69) is 15.4 Å². The molecule has 0 aliphatic carbocycles. The predicted molar refractivity (Wildman–Crippen MR) is 143 cm³/mol. The first-order valence-corrected chi connectivity index (χ1v) is 13.5. The van der Waals surface area contributed by atoms with E-state index >= 15 is 0 Å². The Morgan fingerprint density at radius 3 is 2.54 bits per heavy atom. The van der Waals surface area contributed by atoms with Crippen molar-refractivity contribution in [2.45, 2.75) is 32.7 Å². The number of nitrogens with zero attached hydrogens (tertiary/aromatic N) is 2. The number of carbonyl (C=O) groups excluding carboxylic acids is 3. The Kier molecular flexibility index (Phi) is 11.3. The number of hydrogen-bond donors (Lipinski definition) is 2. The fourth-order valence-electron chi connectivity index (χ4n) is 4.08. The molecule has 1 atom stereocenters. The summed E-state index contributed by atoms with van der Waals surface area (Å²) in [6.07, 6.45) is -4.69. The largest absolute Gasteiger partial charge is 0.433 e. The number of rotatable bonds is 12. The Morgan fingerprint density at radius 1 is 1.22 bits per heavy atom. The lowest BCUT2D eigenvalue weighted by molar-refractivity contribution is -0.154. The molecular formula is C25H28ClF5N4O5S. The molecule has 1 saturated heterocycles. The predicted octanol–water partition coefficient (Wildman–Crippen LogP) is 4.62. The van der Waals surface area contributed by atoms with E-state index in [1.807, 2.05) is 0 Å². The first-order chi connectivity index (χ1) is 19.2. The van der Waals surface area contributed by atoms with Crippen molar-refractivity contribution in [3.05, 3.63) is 39.5 Å². The summed E-state index contributed by atoms with van der Waals surface area (Å²) >= 11 is 6.80. The highest BCUT2D eigenvalue weighted by atomic mass is 35.5. The molecule has 1 fully saturated rings. The Labute approximate surface area is 241 Å². The molecule has 9 nitrogen and oxygen atoms in total. The molecule has 2 N–H and O–H groups in total. The van der Waals surface area contributed by atoms with E-state index in [0.29, 0.717) is 4.34 Å². The van der Waals surface area contributed by atoms with Crippen LogP contribution in [0.1, 0.15) is 23.5 Å². The maximum atomic E-state index is 13.5. The molecule has 1 aliphatic rings. The van der Waals surface area contributed by atoms with Crippen molar-refractivity contribution >= 4 is 52.0 Å². The fraction of sp³-hybridized carbons (Fsp3) is 0.480. The molecule has 2 heterocycles. The number of ether oxygens (including phenoxy) is 2. The second-order valence-electron chi connectivity index (χ2n) is 9.41. The Balaban J connectivity index is 1.91. The quantitative estimate of drug-likeness (QED) is 0.334. The maximum absolute atomic E-state index is 13.5. The number of hydrogen-bond acceptors (Lipinski definition) is 7. The number of amides is 3. The van der Waals surface area contributed by atoms with E-state index in [1.54, 1.807) is 13.8 Å². The van der Waals surface area contributed by atoms with Crippen LogP contribution in [0.15, 0.2) is 30.3 Å². The first kappa shape index (κ1) is 32.5. The van der Waals surface area contributed by atoms with Crippen LogP contribution in [0.3, 0.4) is 0 Å². The number of carbonyl (C=O) groups is 3. The van der Waals surface area contributed by atoms with Crippen molar-refractivity contribution < 1.29 is 45.8 Å². The zero-order valence-corrected chi connectivity index (χ0v) is 23.5. The molecule has 0 radical (unpaired) electrons. The van der Waals surface area contributed by atoms with E-state index in [1.165, 1.54) is 29.2 Å². The number of alkyl halides is 5. The molecule has 0 saturated carbocycles. The summed E-state index contributed by atoms with van der Waals surface area (Å²) < 4.78 is 77.0. The molecule has 2 aromatic rings. The lowest BCUT2D eigenvalue weighted by atomic mass is 10.1. The topological polar surface area (TPSA) is 100 Å². The van der Waals surface area contributed by atoms with E-state index in [9.17, 15) is 36.3 Å². The van der Waals surface area contributed by atoms with Crippen LogP contribution in [0.25, 0.3) is 0 Å². The highest BCUT2D eigenvalue weighted by Crippen LogP contribution is 2.32. The molecule has 226 valence electrons. The van der Waals surface area contributed by atoms with Gasteiger partial charge in [-0.1, -0.05) is 25.4 Å². The van der Waals surface area contributed by atoms with Crippen LogP contribution in [-0.4, -0.2) is 80.8 Å². The van der Waals surface area contributed by atoms with Gasteiger partial charge in [-0.05, 0) is 30.2 Å². The van der Waals surface area contributed by atoms with Crippen LogP contribution in [0.5, 0.6) is 5.75 Å². The molecular weight excluding hydrogens is 599 g/mol. The van der Waals surface area contributed by atoms with Gasteiger partial charge in [0, 0.05) is 31.4 Å². The molecule has 3 rings (SSSR count). The standard InChI is InChI=1S/C25H28ClF5N4O5S/c1-14(2)11-34(13-25(29,30)31)17(10-32-23(38)19-5-6-20(26)41-19)22(37)33-16-4-3-15(9-18(16)40-24(27)28)35-7-8-39-12-21(35)36/h3-6,9,14,17,24H,7-8,10-13H2,1-2H3,(H,32,38)(H,33,37)/t17-/m0/s1. The van der Waals surface area contributed by atoms with Crippen molar-refractivity contribution in [1.82, 2.24) is 10.2 Å². The number of anilines is 2. The normalized spacial score (nSPS) is 15.0. The summed E-state index contributed by atoms with van der Waals surface area (Å²) in [6, 6.07) is 5.03. The number of morpholine rings is 1. The SMILES string of the molecule is CC(C)CN(CC(F)(F)F)[C@@H](CNC(=O)c1ccc(Cl)s1)C(=O)Nc1ccc(N2CCOCC2=O)cc1OC(F)F. The summed E-state index contributed by atoms with van der Waals surface area (Å²) in [5, 5.41) is 4.82. The molecule has 3 amide bonds. The van der Waals surface area contributed by atoms with Crippen LogP contribution >= 0.6 is 22.9 Å². The highest BCUT2D eigenvalue weighted by Gasteiger charge is 2.37. The van der Waals surface area contributed by atoms with Crippen molar-refractivity contribution in [3.63, 3.8) is 0 Å². The Bertz CT molecular complexity index is 1230. The average molecular weight is 627 g/mol. The van der Waals surface area contributed by atoms with Gasteiger partial charge in [-0.3, -0.25) is 19.3 Å². The Hall–Kier alpha value is -3.01. The molecule has 0 unspecified atom stereocenters. The minimum atomic E-state index is -4.69. The smallest absolute Gasteiger partial charge is 0.401 e. The molecule has 0 bridgehead atoms. The van der Waals surface area contributed by atoms with Gasteiger partial charge in [-0.2, -0.15) is 22.0 Å². The van der Waals surface area contributed by atoms with Gasteiger partial charge in [0.25, 0.3) is 11.8 Å². The van der Waals surface area contributed by atoms with Crippen molar-refractivity contribution in [2.75, 3.05) is 49.6 Å². The summed E-state index contributed by atoms with van der Waals surface area (Å²) in [4.78, 5) is 40.5. The summed E-state index contributed by atoms with van der Waals surface area (Å²) in [5.74, 6) is -2.89. The van der Waals surface area contributed by atoms with E-state index in [4.69, 9.17) is 16.3 Å². The van der Waals surface area contributed by atoms with Gasteiger partial charge in [-0.15, -0.1) is 11.3 Å². The van der Waals surface area contributed by atoms with Gasteiger partial charge in [0.05, 0.1) is 28.1 Å². The van der Waals surface area contributed by atoms with Crippen molar-refractivity contribution in [1.29, 1.82) is 0 Å². The average Bonchev–Trinajstić information content (AvgIpc) is 3.30. The van der Waals surface area contributed by atoms with Gasteiger partial charge < -0.3 is 25.0 Å². The number of nitrogens with one attached hydrogen (secondary N) is 2. The summed E-state index contributed by atoms with van der Waals surface area (Å²) in [5.41, 5.74) is -0.0681. The van der Waals surface area contributed by atoms with Gasteiger partial charge >= 0.3 is 12.8 Å². The third kappa shape index (κ3) is 9.80. The number of thiophene rings is 1. The molecule has 1 aliphatic heterocycles. The molecule has 1 aromatic carbocycles. The van der Waals surface area contributed by atoms with Crippen molar-refractivity contribution in [2.24, 2.45) is 5.92 Å². The molecule has 1 aromatic heterocycles. The summed E-state index contributed by atoms with van der Waals surface area (Å²) in [6.45, 7) is -2.01. The molecule has 16 heteroatoms. The lowest BCUT2D eigenvalue weighted by Gasteiger charge is -2.33. The second-order valence-corrected chi connectivity index (χ2v) is 11.1. The molecule has 0 spiro atoms. The second kappa shape index (κ2) is 14.2. The monoisotopic (exact) mass is 626 g/mol. The van der Waals surface area contributed by atoms with Gasteiger partial charge in [0.1, 0.15) is 12.6 Å². The highest BCUT2D eigenvalue weighted by molar-refractivity contribution is 7.18. The number of benzene rings is 1. The lowest BCUT2D eigenvalue weighted by Crippen LogP contribution is -2.54. The zero-order chi connectivity index (χ0) is 30.3. The van der Waals surface area contributed by atoms with E-state index in [0.717, 1.165) is 22.3 Å². The third-order valence-corrected chi connectivity index (χ3v) is 6.94. The molecule has 41 heavy (non-hydrogen) atoms. The maximum Gasteiger partial charge on any atom is 0.401 e. The Morgan fingerprint density at radius 2 is 1.95 bits per heavy atom. The van der Waals surface area contributed by atoms with Gasteiger partial charge in [0.2, 0.25) is 5.91 Å². The number of halogens is 6. The van der Waals surface area contributed by atoms with Gasteiger partial charge in [0.15, 0.2) is 5.75 Å². The van der Waals surface area contributed by atoms with Crippen LogP contribution in [0.4, 0.5) is 33.3 Å². The first-order valence-electron chi connectivity index (χ1n) is 12.4. The van der Waals surface area contributed by atoms with E-state index in [-0.39, 0.29) is 48.5 Å². The van der Waals surface area contributed by atoms with Gasteiger partial charge in [-0.25, -0.2) is 0 Å². The van der Waals surface area contributed by atoms with Crippen LogP contribution < -0.4 is 20.3 Å². The summed E-state index contributed by atoms with van der Waals surface area (Å²) in [7, 11) is 0. The van der Waals surface area contributed by atoms with Crippen LogP contribution in [0, 0.1) is 5.92 Å². The van der Waals surface area contributed by atoms with Crippen LogP contribution in [-0.2, 0) is 14.3 Å². The fourth-order valence-corrected chi connectivity index (χ4v) is 5.04. The van der Waals surface area contributed by atoms with Crippen molar-refractivity contribution in [3.8, 4) is 5.75 Å². The third-order valence-electron chi connectivity index (χ3n) is 5.72. The minimum absolute atomic E-state index is 0.150.